The Morgan fingerprint density at radius 3 is 2.59 bits per heavy atom. The Labute approximate surface area is 131 Å². The lowest BCUT2D eigenvalue weighted by Crippen LogP contribution is -2.32. The third kappa shape index (κ3) is 3.95. The van der Waals surface area contributed by atoms with E-state index in [9.17, 15) is 13.6 Å². The lowest BCUT2D eigenvalue weighted by Gasteiger charge is -2.18. The SMILES string of the molecule is CC[C@@H](Oc1ccccc1Cl)C(=O)Nc1ccc(F)c(F)c1. The largest absolute Gasteiger partial charge is 0.479 e. The molecule has 0 aliphatic heterocycles. The number of ether oxygens (including phenoxy) is 1. The first kappa shape index (κ1) is 16.2. The number of rotatable bonds is 5. The van der Waals surface area contributed by atoms with E-state index in [1.807, 2.05) is 0 Å². The highest BCUT2D eigenvalue weighted by Gasteiger charge is 2.20. The molecule has 0 radical (unpaired) electrons. The summed E-state index contributed by atoms with van der Waals surface area (Å²) in [4.78, 5) is 12.2. The van der Waals surface area contributed by atoms with Gasteiger partial charge in [0.25, 0.3) is 5.91 Å². The molecule has 2 aromatic rings. The Hall–Kier alpha value is -2.14. The van der Waals surface area contributed by atoms with Crippen LogP contribution in [0.2, 0.25) is 5.02 Å². The summed E-state index contributed by atoms with van der Waals surface area (Å²) in [7, 11) is 0. The van der Waals surface area contributed by atoms with Crippen LogP contribution < -0.4 is 10.1 Å². The van der Waals surface area contributed by atoms with E-state index in [1.165, 1.54) is 6.07 Å². The predicted molar refractivity (Wildman–Crippen MR) is 81.1 cm³/mol. The van der Waals surface area contributed by atoms with Crippen LogP contribution in [0, 0.1) is 11.6 Å². The number of halogens is 3. The molecule has 3 nitrogen and oxygen atoms in total. The van der Waals surface area contributed by atoms with Crippen molar-refractivity contribution in [3.63, 3.8) is 0 Å². The summed E-state index contributed by atoms with van der Waals surface area (Å²) in [5.41, 5.74) is 0.158. The van der Waals surface area contributed by atoms with Gasteiger partial charge < -0.3 is 10.1 Å². The van der Waals surface area contributed by atoms with Crippen LogP contribution in [0.4, 0.5) is 14.5 Å². The number of hydrogen-bond acceptors (Lipinski definition) is 2. The molecular weight excluding hydrogens is 312 g/mol. The van der Waals surface area contributed by atoms with E-state index >= 15 is 0 Å². The number of carbonyl (C=O) groups is 1. The summed E-state index contributed by atoms with van der Waals surface area (Å²) >= 11 is 5.98. The second-order valence-electron chi connectivity index (χ2n) is 4.56. The lowest BCUT2D eigenvalue weighted by atomic mass is 10.2. The minimum absolute atomic E-state index is 0.158. The number of benzene rings is 2. The normalized spacial score (nSPS) is 11.8. The van der Waals surface area contributed by atoms with Gasteiger partial charge in [0.15, 0.2) is 17.7 Å². The quantitative estimate of drug-likeness (QED) is 0.884. The van der Waals surface area contributed by atoms with Crippen molar-refractivity contribution in [2.75, 3.05) is 5.32 Å². The fourth-order valence-corrected chi connectivity index (χ4v) is 1.99. The van der Waals surface area contributed by atoms with E-state index in [1.54, 1.807) is 31.2 Å². The molecule has 1 amide bonds. The fourth-order valence-electron chi connectivity index (χ4n) is 1.81. The summed E-state index contributed by atoms with van der Waals surface area (Å²) in [6, 6.07) is 9.92. The first-order valence-electron chi connectivity index (χ1n) is 6.68. The molecule has 22 heavy (non-hydrogen) atoms. The first-order valence-corrected chi connectivity index (χ1v) is 7.06. The van der Waals surface area contributed by atoms with Gasteiger partial charge in [0.1, 0.15) is 5.75 Å². The molecule has 6 heteroatoms. The van der Waals surface area contributed by atoms with Gasteiger partial charge in [0, 0.05) is 11.8 Å². The van der Waals surface area contributed by atoms with Gasteiger partial charge in [-0.25, -0.2) is 8.78 Å². The number of nitrogens with one attached hydrogen (secondary N) is 1. The number of hydrogen-bond donors (Lipinski definition) is 1. The van der Waals surface area contributed by atoms with Crippen LogP contribution in [0.1, 0.15) is 13.3 Å². The molecule has 0 fully saturated rings. The van der Waals surface area contributed by atoms with Crippen molar-refractivity contribution in [1.82, 2.24) is 0 Å². The molecule has 0 saturated carbocycles. The average Bonchev–Trinajstić information content (AvgIpc) is 2.50. The van der Waals surface area contributed by atoms with Crippen LogP contribution in [0.3, 0.4) is 0 Å². The van der Waals surface area contributed by atoms with E-state index < -0.39 is 23.6 Å². The van der Waals surface area contributed by atoms with E-state index in [0.717, 1.165) is 12.1 Å². The van der Waals surface area contributed by atoms with Crippen molar-refractivity contribution >= 4 is 23.2 Å². The van der Waals surface area contributed by atoms with Gasteiger partial charge in [-0.1, -0.05) is 30.7 Å². The van der Waals surface area contributed by atoms with Gasteiger partial charge in [-0.2, -0.15) is 0 Å². The third-order valence-corrected chi connectivity index (χ3v) is 3.27. The highest BCUT2D eigenvalue weighted by Crippen LogP contribution is 2.25. The van der Waals surface area contributed by atoms with Crippen molar-refractivity contribution in [3.05, 3.63) is 59.1 Å². The van der Waals surface area contributed by atoms with Crippen molar-refractivity contribution in [1.29, 1.82) is 0 Å². The number of amides is 1. The Balaban J connectivity index is 2.08. The maximum absolute atomic E-state index is 13.1. The van der Waals surface area contributed by atoms with Gasteiger partial charge in [-0.3, -0.25) is 4.79 Å². The molecule has 2 rings (SSSR count). The molecular formula is C16H14ClF2NO2. The van der Waals surface area contributed by atoms with Gasteiger partial charge in [-0.05, 0) is 30.7 Å². The molecule has 0 heterocycles. The van der Waals surface area contributed by atoms with Crippen LogP contribution in [-0.4, -0.2) is 12.0 Å². The van der Waals surface area contributed by atoms with E-state index in [4.69, 9.17) is 16.3 Å². The molecule has 0 aliphatic rings. The number of carbonyl (C=O) groups excluding carboxylic acids is 1. The highest BCUT2D eigenvalue weighted by molar-refractivity contribution is 6.32. The van der Waals surface area contributed by atoms with Gasteiger partial charge in [-0.15, -0.1) is 0 Å². The zero-order valence-corrected chi connectivity index (χ0v) is 12.5. The molecule has 0 unspecified atom stereocenters. The molecule has 116 valence electrons. The lowest BCUT2D eigenvalue weighted by molar-refractivity contribution is -0.122. The second kappa shape index (κ2) is 7.22. The Morgan fingerprint density at radius 1 is 1.23 bits per heavy atom. The summed E-state index contributed by atoms with van der Waals surface area (Å²) in [6.45, 7) is 1.77. The zero-order chi connectivity index (χ0) is 16.1. The Morgan fingerprint density at radius 2 is 1.95 bits per heavy atom. The van der Waals surface area contributed by atoms with Gasteiger partial charge in [0.2, 0.25) is 0 Å². The van der Waals surface area contributed by atoms with E-state index in [2.05, 4.69) is 5.32 Å². The maximum atomic E-state index is 13.1. The number of anilines is 1. The van der Waals surface area contributed by atoms with Crippen molar-refractivity contribution in [2.45, 2.75) is 19.4 Å². The maximum Gasteiger partial charge on any atom is 0.265 e. The molecule has 1 atom stereocenters. The highest BCUT2D eigenvalue weighted by atomic mass is 35.5. The zero-order valence-electron chi connectivity index (χ0n) is 11.8. The molecule has 0 spiro atoms. The van der Waals surface area contributed by atoms with Crippen LogP contribution >= 0.6 is 11.6 Å². The molecule has 0 aliphatic carbocycles. The molecule has 2 aromatic carbocycles. The monoisotopic (exact) mass is 325 g/mol. The molecule has 0 saturated heterocycles. The third-order valence-electron chi connectivity index (χ3n) is 2.96. The van der Waals surface area contributed by atoms with E-state index in [-0.39, 0.29) is 5.69 Å². The van der Waals surface area contributed by atoms with Crippen molar-refractivity contribution in [3.8, 4) is 5.75 Å². The topological polar surface area (TPSA) is 38.3 Å². The van der Waals surface area contributed by atoms with E-state index in [0.29, 0.717) is 17.2 Å². The number of para-hydroxylation sites is 1. The minimum atomic E-state index is -1.03. The van der Waals surface area contributed by atoms with Crippen molar-refractivity contribution in [2.24, 2.45) is 0 Å². The Bertz CT molecular complexity index is 679. The van der Waals surface area contributed by atoms with Crippen LogP contribution in [0.25, 0.3) is 0 Å². The van der Waals surface area contributed by atoms with Crippen molar-refractivity contribution < 1.29 is 18.3 Å². The standard InChI is InChI=1S/C16H14ClF2NO2/c1-2-14(22-15-6-4-3-5-11(15)17)16(21)20-10-7-8-12(18)13(19)9-10/h3-9,14H,2H2,1H3,(H,20,21)/t14-/m1/s1. The fraction of sp³-hybridized carbons (Fsp3) is 0.188. The summed E-state index contributed by atoms with van der Waals surface area (Å²) in [5.74, 6) is -2.08. The average molecular weight is 326 g/mol. The smallest absolute Gasteiger partial charge is 0.265 e. The predicted octanol–water partition coefficient (Wildman–Crippen LogP) is 4.41. The molecule has 0 bridgehead atoms. The van der Waals surface area contributed by atoms with Gasteiger partial charge >= 0.3 is 0 Å². The molecule has 0 aromatic heterocycles. The van der Waals surface area contributed by atoms with Crippen LogP contribution in [0.15, 0.2) is 42.5 Å². The van der Waals surface area contributed by atoms with Gasteiger partial charge in [0.05, 0.1) is 5.02 Å². The Kier molecular flexibility index (Phi) is 5.33. The van der Waals surface area contributed by atoms with Crippen LogP contribution in [-0.2, 0) is 4.79 Å². The molecule has 1 N–H and O–H groups in total. The summed E-state index contributed by atoms with van der Waals surface area (Å²) in [5, 5.41) is 2.88. The first-order chi connectivity index (χ1) is 10.5. The van der Waals surface area contributed by atoms with Crippen LogP contribution in [0.5, 0.6) is 5.75 Å². The summed E-state index contributed by atoms with van der Waals surface area (Å²) in [6.07, 6.45) is -0.409. The minimum Gasteiger partial charge on any atom is -0.479 e. The summed E-state index contributed by atoms with van der Waals surface area (Å²) < 4.78 is 31.6. The second-order valence-corrected chi connectivity index (χ2v) is 4.97.